The summed E-state index contributed by atoms with van der Waals surface area (Å²) in [6.07, 6.45) is 0. The molecule has 2 heterocycles. The van der Waals surface area contributed by atoms with Crippen LogP contribution in [0.5, 0.6) is 0 Å². The highest BCUT2D eigenvalue weighted by atomic mass is 16.5. The van der Waals surface area contributed by atoms with Crippen LogP contribution < -0.4 is 0 Å². The molecule has 0 aliphatic heterocycles. The van der Waals surface area contributed by atoms with Crippen LogP contribution in [-0.4, -0.2) is 26.1 Å². The smallest absolute Gasteiger partial charge is 0.356 e. The minimum Gasteiger partial charge on any atom is -0.454 e. The van der Waals surface area contributed by atoms with Gasteiger partial charge >= 0.3 is 5.97 Å². The van der Waals surface area contributed by atoms with Gasteiger partial charge in [0.1, 0.15) is 12.3 Å². The van der Waals surface area contributed by atoms with Crippen LogP contribution in [0.4, 0.5) is 0 Å². The predicted octanol–water partition coefficient (Wildman–Crippen LogP) is 3.69. The van der Waals surface area contributed by atoms with Gasteiger partial charge in [-0.15, -0.1) is 0 Å². The Bertz CT molecular complexity index is 1070. The summed E-state index contributed by atoms with van der Waals surface area (Å²) in [7, 11) is 0. The van der Waals surface area contributed by atoms with E-state index in [0.717, 1.165) is 22.3 Å². The van der Waals surface area contributed by atoms with Gasteiger partial charge in [-0.05, 0) is 25.1 Å². The number of nitrogens with zero attached hydrogens (tertiary/aromatic N) is 3. The van der Waals surface area contributed by atoms with Crippen molar-refractivity contribution in [1.29, 1.82) is 0 Å². The molecule has 0 aliphatic rings. The molecule has 0 aliphatic carbocycles. The number of benzene rings is 2. The number of aromatic nitrogens is 4. The van der Waals surface area contributed by atoms with E-state index in [1.807, 2.05) is 61.5 Å². The lowest BCUT2D eigenvalue weighted by Crippen LogP contribution is -2.08. The van der Waals surface area contributed by atoms with Gasteiger partial charge in [-0.25, -0.2) is 14.8 Å². The molecular formula is C20H16N4O2. The number of hydrogen-bond donors (Lipinski definition) is 1. The number of esters is 1. The minimum atomic E-state index is -0.478. The summed E-state index contributed by atoms with van der Waals surface area (Å²) < 4.78 is 5.38. The molecule has 0 fully saturated rings. The number of nitrogens with one attached hydrogen (secondary N) is 1. The van der Waals surface area contributed by atoms with Crippen LogP contribution in [0.2, 0.25) is 0 Å². The normalized spacial score (nSPS) is 10.8. The van der Waals surface area contributed by atoms with E-state index in [1.165, 1.54) is 0 Å². The van der Waals surface area contributed by atoms with E-state index in [2.05, 4.69) is 20.2 Å². The van der Waals surface area contributed by atoms with Crippen LogP contribution in [0, 0.1) is 6.92 Å². The molecule has 0 unspecified atom stereocenters. The zero-order valence-electron chi connectivity index (χ0n) is 14.1. The number of carbonyl (C=O) groups excluding carboxylic acids is 1. The zero-order chi connectivity index (χ0) is 17.9. The van der Waals surface area contributed by atoms with E-state index in [-0.39, 0.29) is 6.61 Å². The number of H-pyrrole nitrogens is 1. The van der Waals surface area contributed by atoms with Gasteiger partial charge in [-0.2, -0.15) is 5.10 Å². The van der Waals surface area contributed by atoms with Gasteiger partial charge in [0, 0.05) is 5.56 Å². The third-order valence-electron chi connectivity index (χ3n) is 4.05. The van der Waals surface area contributed by atoms with Gasteiger partial charge in [0.25, 0.3) is 0 Å². The second kappa shape index (κ2) is 6.76. The molecular weight excluding hydrogens is 328 g/mol. The molecule has 128 valence electrons. The Morgan fingerprint density at radius 1 is 1.00 bits per heavy atom. The fourth-order valence-corrected chi connectivity index (χ4v) is 2.66. The van der Waals surface area contributed by atoms with Gasteiger partial charge in [0.2, 0.25) is 0 Å². The average molecular weight is 344 g/mol. The first-order chi connectivity index (χ1) is 12.7. The molecule has 0 atom stereocenters. The summed E-state index contributed by atoms with van der Waals surface area (Å²) in [6, 6.07) is 18.9. The number of aromatic amines is 1. The summed E-state index contributed by atoms with van der Waals surface area (Å²) in [6.45, 7) is 1.91. The van der Waals surface area contributed by atoms with Crippen molar-refractivity contribution >= 4 is 17.0 Å². The molecule has 2 aromatic carbocycles. The van der Waals surface area contributed by atoms with Crippen LogP contribution in [-0.2, 0) is 11.3 Å². The molecule has 0 bridgehead atoms. The molecule has 26 heavy (non-hydrogen) atoms. The first-order valence-electron chi connectivity index (χ1n) is 8.21. The largest absolute Gasteiger partial charge is 0.454 e. The summed E-state index contributed by atoms with van der Waals surface area (Å²) in [4.78, 5) is 21.3. The van der Waals surface area contributed by atoms with Crippen molar-refractivity contribution in [2.24, 2.45) is 0 Å². The molecule has 4 rings (SSSR count). The first kappa shape index (κ1) is 16.0. The van der Waals surface area contributed by atoms with Crippen LogP contribution in [0.15, 0.2) is 60.7 Å². The van der Waals surface area contributed by atoms with E-state index < -0.39 is 5.97 Å². The number of rotatable bonds is 4. The minimum absolute atomic E-state index is 0.0577. The molecule has 0 amide bonds. The third kappa shape index (κ3) is 3.17. The molecule has 0 saturated carbocycles. The van der Waals surface area contributed by atoms with E-state index in [4.69, 9.17) is 4.74 Å². The van der Waals surface area contributed by atoms with Crippen molar-refractivity contribution in [2.75, 3.05) is 0 Å². The monoisotopic (exact) mass is 344 g/mol. The average Bonchev–Trinajstić information content (AvgIpc) is 3.17. The van der Waals surface area contributed by atoms with Gasteiger partial charge < -0.3 is 4.74 Å². The highest BCUT2D eigenvalue weighted by Gasteiger charge is 2.14. The third-order valence-corrected chi connectivity index (χ3v) is 4.05. The van der Waals surface area contributed by atoms with Crippen molar-refractivity contribution in [3.63, 3.8) is 0 Å². The van der Waals surface area contributed by atoms with Crippen LogP contribution in [0.25, 0.3) is 22.3 Å². The Kier molecular flexibility index (Phi) is 4.15. The fourth-order valence-electron chi connectivity index (χ4n) is 2.66. The highest BCUT2D eigenvalue weighted by molar-refractivity contribution is 5.88. The number of ether oxygens (including phenoxy) is 1. The number of para-hydroxylation sites is 2. The Morgan fingerprint density at radius 2 is 1.69 bits per heavy atom. The predicted molar refractivity (Wildman–Crippen MR) is 97.4 cm³/mol. The summed E-state index contributed by atoms with van der Waals surface area (Å²) >= 11 is 0. The molecule has 0 spiro atoms. The molecule has 0 saturated heterocycles. The Balaban J connectivity index is 1.49. The van der Waals surface area contributed by atoms with E-state index in [0.29, 0.717) is 17.1 Å². The van der Waals surface area contributed by atoms with Gasteiger partial charge in [-0.3, -0.25) is 5.10 Å². The van der Waals surface area contributed by atoms with Crippen molar-refractivity contribution in [1.82, 2.24) is 20.2 Å². The van der Waals surface area contributed by atoms with Gasteiger partial charge in [0.15, 0.2) is 0 Å². The second-order valence-electron chi connectivity index (χ2n) is 5.85. The summed E-state index contributed by atoms with van der Waals surface area (Å²) in [5, 5.41) is 6.89. The number of carbonyl (C=O) groups is 1. The number of aryl methyl sites for hydroxylation is 1. The maximum absolute atomic E-state index is 12.3. The summed E-state index contributed by atoms with van der Waals surface area (Å²) in [5.41, 5.74) is 4.90. The maximum atomic E-state index is 12.3. The van der Waals surface area contributed by atoms with E-state index in [1.54, 1.807) is 6.07 Å². The summed E-state index contributed by atoms with van der Waals surface area (Å²) in [5.74, 6) is -0.478. The first-order valence-corrected chi connectivity index (χ1v) is 8.21. The van der Waals surface area contributed by atoms with E-state index >= 15 is 0 Å². The molecule has 6 heteroatoms. The lowest BCUT2D eigenvalue weighted by molar-refractivity contribution is 0.0460. The van der Waals surface area contributed by atoms with Gasteiger partial charge in [0.05, 0.1) is 28.1 Å². The Labute approximate surface area is 149 Å². The lowest BCUT2D eigenvalue weighted by atomic mass is 10.1. The van der Waals surface area contributed by atoms with Crippen LogP contribution in [0.3, 0.4) is 0 Å². The quantitative estimate of drug-likeness (QED) is 0.571. The molecule has 0 radical (unpaired) electrons. The van der Waals surface area contributed by atoms with Crippen LogP contribution >= 0.6 is 0 Å². The molecule has 1 N–H and O–H groups in total. The lowest BCUT2D eigenvalue weighted by Gasteiger charge is -2.07. The Hall–Kier alpha value is -3.54. The molecule has 4 aromatic rings. The van der Waals surface area contributed by atoms with E-state index in [9.17, 15) is 4.79 Å². The fraction of sp³-hybridized carbons (Fsp3) is 0.100. The standard InChI is InChI=1S/C20H16N4O2/c1-13-19(22-16-10-6-5-9-15(16)21-13)12-26-20(25)18-11-17(23-24-18)14-7-3-2-4-8-14/h2-11H,12H2,1H3,(H,23,24). The SMILES string of the molecule is Cc1nc2ccccc2nc1COC(=O)c1cc(-c2ccccc2)n[nH]1. The number of fused-ring (bicyclic) bond motifs is 1. The van der Waals surface area contributed by atoms with Crippen molar-refractivity contribution < 1.29 is 9.53 Å². The Morgan fingerprint density at radius 3 is 2.46 bits per heavy atom. The zero-order valence-corrected chi connectivity index (χ0v) is 14.1. The maximum Gasteiger partial charge on any atom is 0.356 e. The van der Waals surface area contributed by atoms with Crippen molar-refractivity contribution in [3.8, 4) is 11.3 Å². The number of hydrogen-bond acceptors (Lipinski definition) is 5. The van der Waals surface area contributed by atoms with Gasteiger partial charge in [-0.1, -0.05) is 42.5 Å². The molecule has 2 aromatic heterocycles. The molecule has 6 nitrogen and oxygen atoms in total. The van der Waals surface area contributed by atoms with Crippen LogP contribution in [0.1, 0.15) is 21.9 Å². The highest BCUT2D eigenvalue weighted by Crippen LogP contribution is 2.18. The second-order valence-corrected chi connectivity index (χ2v) is 5.85. The van der Waals surface area contributed by atoms with Crippen molar-refractivity contribution in [3.05, 3.63) is 77.7 Å². The van der Waals surface area contributed by atoms with Crippen molar-refractivity contribution in [2.45, 2.75) is 13.5 Å². The topological polar surface area (TPSA) is 80.8 Å².